The maximum Gasteiger partial charge on any atom is 0.306 e. The average molecular weight is 506 g/mol. The van der Waals surface area contributed by atoms with Crippen LogP contribution in [0.1, 0.15) is 46.6 Å². The van der Waals surface area contributed by atoms with Gasteiger partial charge in [-0.05, 0) is 50.1 Å². The van der Waals surface area contributed by atoms with E-state index in [1.807, 2.05) is 43.3 Å². The van der Waals surface area contributed by atoms with Crippen molar-refractivity contribution in [1.82, 2.24) is 4.98 Å². The molecular weight excluding hydrogens is 481 g/mol. The number of aromatic nitrogens is 1. The normalized spacial score (nSPS) is 18.0. The Labute approximate surface area is 211 Å². The number of esters is 1. The Morgan fingerprint density at radius 1 is 1.17 bits per heavy atom. The second-order valence-electron chi connectivity index (χ2n) is 9.04. The minimum absolute atomic E-state index is 0.0433. The van der Waals surface area contributed by atoms with Gasteiger partial charge in [0.05, 0.1) is 35.4 Å². The van der Waals surface area contributed by atoms with Gasteiger partial charge in [-0.15, -0.1) is 11.3 Å². The summed E-state index contributed by atoms with van der Waals surface area (Å²) in [7, 11) is 1.38. The van der Waals surface area contributed by atoms with E-state index in [0.717, 1.165) is 26.4 Å². The van der Waals surface area contributed by atoms with Crippen molar-refractivity contribution >= 4 is 27.5 Å². The molecule has 0 radical (unpaired) electrons. The van der Waals surface area contributed by atoms with Crippen LogP contribution in [0.5, 0.6) is 23.0 Å². The van der Waals surface area contributed by atoms with Crippen molar-refractivity contribution in [3.8, 4) is 23.0 Å². The third kappa shape index (κ3) is 4.15. The summed E-state index contributed by atoms with van der Waals surface area (Å²) in [6, 6.07) is 14.5. The second-order valence-corrected chi connectivity index (χ2v) is 10.3. The largest absolute Gasteiger partial charge is 0.492 e. The number of benzene rings is 3. The standard InChI is InChI=1S/C28H24FNO5S/c1-15-30-22-12-17(4-10-26(22)36-15)34-23-9-7-21(29)28-20(23)6-8-24(28)35-18-3-5-19-16(11-27(31)32-2)14-33-25(19)13-18/h3-5,7,9-10,12-13,16,24H,6,8,11,14H2,1-2H3/t16-,24-/m1/s1. The van der Waals surface area contributed by atoms with Crippen LogP contribution in [0.3, 0.4) is 0 Å². The fourth-order valence-corrected chi connectivity index (χ4v) is 5.82. The third-order valence-electron chi connectivity index (χ3n) is 6.72. The van der Waals surface area contributed by atoms with Gasteiger partial charge in [0.2, 0.25) is 0 Å². The fourth-order valence-electron chi connectivity index (χ4n) is 5.02. The summed E-state index contributed by atoms with van der Waals surface area (Å²) in [6.45, 7) is 2.40. The molecule has 0 unspecified atom stereocenters. The number of nitrogens with zero attached hydrogens (tertiary/aromatic N) is 1. The number of hydrogen-bond donors (Lipinski definition) is 0. The van der Waals surface area contributed by atoms with Gasteiger partial charge in [0.25, 0.3) is 0 Å². The van der Waals surface area contributed by atoms with Gasteiger partial charge in [0, 0.05) is 34.7 Å². The molecule has 6 rings (SSSR count). The number of rotatable bonds is 6. The van der Waals surface area contributed by atoms with Crippen LogP contribution in [0, 0.1) is 12.7 Å². The molecule has 0 spiro atoms. The molecule has 1 aromatic heterocycles. The summed E-state index contributed by atoms with van der Waals surface area (Å²) < 4.78 is 39.1. The van der Waals surface area contributed by atoms with E-state index in [0.29, 0.717) is 48.0 Å². The van der Waals surface area contributed by atoms with Crippen LogP contribution in [-0.4, -0.2) is 24.7 Å². The van der Waals surface area contributed by atoms with E-state index in [2.05, 4.69) is 4.98 Å². The van der Waals surface area contributed by atoms with Crippen LogP contribution in [0.2, 0.25) is 0 Å². The first-order valence-electron chi connectivity index (χ1n) is 11.8. The Bertz CT molecular complexity index is 1480. The number of methoxy groups -OCH3 is 1. The fraction of sp³-hybridized carbons (Fsp3) is 0.286. The molecule has 0 bridgehead atoms. The maximum atomic E-state index is 15.0. The van der Waals surface area contributed by atoms with Gasteiger partial charge in [0.15, 0.2) is 0 Å². The highest BCUT2D eigenvalue weighted by Gasteiger charge is 2.32. The van der Waals surface area contributed by atoms with Gasteiger partial charge < -0.3 is 18.9 Å². The molecule has 3 aromatic carbocycles. The first-order chi connectivity index (χ1) is 17.5. The monoisotopic (exact) mass is 505 g/mol. The molecular formula is C28H24FNO5S. The Morgan fingerprint density at radius 3 is 2.89 bits per heavy atom. The number of halogens is 1. The zero-order valence-corrected chi connectivity index (χ0v) is 20.7. The molecule has 1 aliphatic heterocycles. The van der Waals surface area contributed by atoms with Gasteiger partial charge >= 0.3 is 5.97 Å². The second kappa shape index (κ2) is 9.09. The third-order valence-corrected chi connectivity index (χ3v) is 7.67. The molecule has 36 heavy (non-hydrogen) atoms. The van der Waals surface area contributed by atoms with Crippen LogP contribution >= 0.6 is 11.3 Å². The molecule has 0 saturated heterocycles. The van der Waals surface area contributed by atoms with Crippen molar-refractivity contribution in [2.24, 2.45) is 0 Å². The van der Waals surface area contributed by atoms with Crippen LogP contribution in [0.25, 0.3) is 10.2 Å². The molecule has 4 aromatic rings. The van der Waals surface area contributed by atoms with Crippen molar-refractivity contribution in [2.45, 2.75) is 38.2 Å². The minimum Gasteiger partial charge on any atom is -0.492 e. The van der Waals surface area contributed by atoms with E-state index in [1.54, 1.807) is 17.4 Å². The average Bonchev–Trinajstić information content (AvgIpc) is 3.57. The number of ether oxygens (including phenoxy) is 4. The number of carbonyl (C=O) groups is 1. The van der Waals surface area contributed by atoms with E-state index < -0.39 is 6.10 Å². The van der Waals surface area contributed by atoms with Crippen LogP contribution in [-0.2, 0) is 16.0 Å². The summed E-state index contributed by atoms with van der Waals surface area (Å²) in [5.41, 5.74) is 3.20. The number of thiazole rings is 1. The predicted octanol–water partition coefficient (Wildman–Crippen LogP) is 6.64. The lowest BCUT2D eigenvalue weighted by Gasteiger charge is -2.17. The molecule has 2 atom stereocenters. The zero-order valence-electron chi connectivity index (χ0n) is 19.9. The molecule has 0 amide bonds. The zero-order chi connectivity index (χ0) is 24.8. The first kappa shape index (κ1) is 22.8. The molecule has 1 aliphatic carbocycles. The molecule has 6 nitrogen and oxygen atoms in total. The molecule has 8 heteroatoms. The molecule has 0 N–H and O–H groups in total. The minimum atomic E-state index is -0.433. The van der Waals surface area contributed by atoms with Crippen molar-refractivity contribution in [3.63, 3.8) is 0 Å². The molecule has 2 aliphatic rings. The smallest absolute Gasteiger partial charge is 0.306 e. The number of fused-ring (bicyclic) bond motifs is 3. The lowest BCUT2D eigenvalue weighted by atomic mass is 9.98. The predicted molar refractivity (Wildman–Crippen MR) is 134 cm³/mol. The van der Waals surface area contributed by atoms with Crippen LogP contribution in [0.4, 0.5) is 4.39 Å². The first-order valence-corrected chi connectivity index (χ1v) is 12.7. The highest BCUT2D eigenvalue weighted by Crippen LogP contribution is 2.44. The molecule has 2 heterocycles. The van der Waals surface area contributed by atoms with E-state index in [9.17, 15) is 9.18 Å². The maximum absolute atomic E-state index is 15.0. The van der Waals surface area contributed by atoms with Crippen molar-refractivity contribution in [1.29, 1.82) is 0 Å². The summed E-state index contributed by atoms with van der Waals surface area (Å²) in [4.78, 5) is 16.2. The lowest BCUT2D eigenvalue weighted by Crippen LogP contribution is -2.09. The quantitative estimate of drug-likeness (QED) is 0.274. The molecule has 0 saturated carbocycles. The topological polar surface area (TPSA) is 66.9 Å². The lowest BCUT2D eigenvalue weighted by molar-refractivity contribution is -0.141. The highest BCUT2D eigenvalue weighted by molar-refractivity contribution is 7.18. The van der Waals surface area contributed by atoms with E-state index >= 15 is 0 Å². The summed E-state index contributed by atoms with van der Waals surface area (Å²) in [5, 5.41) is 1.00. The number of aryl methyl sites for hydroxylation is 1. The van der Waals surface area contributed by atoms with Gasteiger partial charge in [-0.3, -0.25) is 4.79 Å². The Morgan fingerprint density at radius 2 is 2.03 bits per heavy atom. The Hall–Kier alpha value is -3.65. The van der Waals surface area contributed by atoms with E-state index in [-0.39, 0.29) is 24.1 Å². The van der Waals surface area contributed by atoms with E-state index in [1.165, 1.54) is 13.2 Å². The van der Waals surface area contributed by atoms with Gasteiger partial charge in [-0.1, -0.05) is 6.07 Å². The van der Waals surface area contributed by atoms with Crippen molar-refractivity contribution in [2.75, 3.05) is 13.7 Å². The highest BCUT2D eigenvalue weighted by atomic mass is 32.1. The van der Waals surface area contributed by atoms with Crippen molar-refractivity contribution in [3.05, 3.63) is 76.0 Å². The van der Waals surface area contributed by atoms with Gasteiger partial charge in [-0.25, -0.2) is 9.37 Å². The summed E-state index contributed by atoms with van der Waals surface area (Å²) in [5.74, 6) is 1.97. The van der Waals surface area contributed by atoms with Crippen LogP contribution in [0.15, 0.2) is 48.5 Å². The molecule has 0 fully saturated rings. The number of carbonyl (C=O) groups excluding carboxylic acids is 1. The Balaban J connectivity index is 1.22. The van der Waals surface area contributed by atoms with Gasteiger partial charge in [0.1, 0.15) is 34.9 Å². The SMILES string of the molecule is COC(=O)C[C@@H]1COc2cc(O[C@@H]3CCc4c(Oc5ccc6sc(C)nc6c5)ccc(F)c43)ccc21. The summed E-state index contributed by atoms with van der Waals surface area (Å²) in [6.07, 6.45) is 1.12. The Kier molecular flexibility index (Phi) is 5.76. The number of hydrogen-bond acceptors (Lipinski definition) is 7. The van der Waals surface area contributed by atoms with E-state index in [4.69, 9.17) is 18.9 Å². The summed E-state index contributed by atoms with van der Waals surface area (Å²) >= 11 is 1.64. The van der Waals surface area contributed by atoms with Crippen molar-refractivity contribution < 1.29 is 28.1 Å². The van der Waals surface area contributed by atoms with Gasteiger partial charge in [-0.2, -0.15) is 0 Å². The van der Waals surface area contributed by atoms with Crippen LogP contribution < -0.4 is 14.2 Å². The molecule has 184 valence electrons.